The van der Waals surface area contributed by atoms with Gasteiger partial charge in [-0.25, -0.2) is 0 Å². The number of benzene rings is 1. The molecule has 3 rings (SSSR count). The van der Waals surface area contributed by atoms with Crippen LogP contribution in [-0.2, 0) is 9.53 Å². The highest BCUT2D eigenvalue weighted by Crippen LogP contribution is 2.32. The molecule has 1 saturated carbocycles. The first-order chi connectivity index (χ1) is 11.2. The van der Waals surface area contributed by atoms with Crippen LogP contribution in [0.15, 0.2) is 18.2 Å². The standard InChI is InChI=1S/C17H23ClN2O3/c18-14-9-11(5-7-15(14)22-12-3-1-2-4-12)20-17(21)16-8-6-13(10-19)23-16/h5,7,9,12-13,16H,1-4,6,8,10,19H2,(H,20,21)/t13-,16+/m1/s1. The Bertz CT molecular complexity index is 561. The van der Waals surface area contributed by atoms with Crippen molar-refractivity contribution >= 4 is 23.2 Å². The zero-order valence-corrected chi connectivity index (χ0v) is 13.8. The molecule has 2 atom stereocenters. The number of halogens is 1. The molecule has 1 aliphatic carbocycles. The molecule has 1 aromatic rings. The molecule has 1 aliphatic heterocycles. The van der Waals surface area contributed by atoms with Gasteiger partial charge >= 0.3 is 0 Å². The summed E-state index contributed by atoms with van der Waals surface area (Å²) in [7, 11) is 0. The third kappa shape index (κ3) is 4.16. The molecule has 5 nitrogen and oxygen atoms in total. The molecule has 0 aromatic heterocycles. The van der Waals surface area contributed by atoms with Crippen LogP contribution < -0.4 is 15.8 Å². The summed E-state index contributed by atoms with van der Waals surface area (Å²) in [5.41, 5.74) is 6.22. The number of hydrogen-bond acceptors (Lipinski definition) is 4. The predicted octanol–water partition coefficient (Wildman–Crippen LogP) is 3.11. The summed E-state index contributed by atoms with van der Waals surface area (Å²) in [6, 6.07) is 5.34. The van der Waals surface area contributed by atoms with E-state index < -0.39 is 6.10 Å². The van der Waals surface area contributed by atoms with Crippen molar-refractivity contribution in [3.05, 3.63) is 23.2 Å². The molecule has 2 fully saturated rings. The molecule has 0 bridgehead atoms. The molecule has 2 aliphatic rings. The van der Waals surface area contributed by atoms with Gasteiger partial charge in [-0.2, -0.15) is 0 Å². The summed E-state index contributed by atoms with van der Waals surface area (Å²) in [4.78, 5) is 12.2. The van der Waals surface area contributed by atoms with Gasteiger partial charge in [0.1, 0.15) is 11.9 Å². The fourth-order valence-electron chi connectivity index (χ4n) is 3.15. The number of anilines is 1. The number of rotatable bonds is 5. The predicted molar refractivity (Wildman–Crippen MR) is 89.9 cm³/mol. The van der Waals surface area contributed by atoms with Crippen LogP contribution in [0.5, 0.6) is 5.75 Å². The van der Waals surface area contributed by atoms with Gasteiger partial charge in [0.25, 0.3) is 5.91 Å². The van der Waals surface area contributed by atoms with E-state index in [1.807, 2.05) is 12.1 Å². The Kier molecular flexibility index (Phi) is 5.41. The zero-order valence-electron chi connectivity index (χ0n) is 13.1. The summed E-state index contributed by atoms with van der Waals surface area (Å²) in [6.45, 7) is 0.447. The van der Waals surface area contributed by atoms with Crippen molar-refractivity contribution in [3.63, 3.8) is 0 Å². The Morgan fingerprint density at radius 3 is 2.74 bits per heavy atom. The van der Waals surface area contributed by atoms with Crippen molar-refractivity contribution in [1.29, 1.82) is 0 Å². The number of ether oxygens (including phenoxy) is 2. The summed E-state index contributed by atoms with van der Waals surface area (Å²) in [5, 5.41) is 3.36. The van der Waals surface area contributed by atoms with Crippen molar-refractivity contribution < 1.29 is 14.3 Å². The Labute approximate surface area is 141 Å². The lowest BCUT2D eigenvalue weighted by Crippen LogP contribution is -2.29. The molecular formula is C17H23ClN2O3. The van der Waals surface area contributed by atoms with E-state index in [9.17, 15) is 4.79 Å². The quantitative estimate of drug-likeness (QED) is 0.865. The van der Waals surface area contributed by atoms with Crippen LogP contribution in [0.4, 0.5) is 5.69 Å². The van der Waals surface area contributed by atoms with E-state index in [0.29, 0.717) is 29.4 Å². The normalized spacial score (nSPS) is 24.8. The molecule has 3 N–H and O–H groups in total. The van der Waals surface area contributed by atoms with Crippen LogP contribution in [0.2, 0.25) is 5.02 Å². The van der Waals surface area contributed by atoms with Gasteiger partial charge in [-0.1, -0.05) is 11.6 Å². The summed E-state index contributed by atoms with van der Waals surface area (Å²) >= 11 is 6.27. The smallest absolute Gasteiger partial charge is 0.253 e. The maximum Gasteiger partial charge on any atom is 0.253 e. The van der Waals surface area contributed by atoms with Crippen LogP contribution in [0.3, 0.4) is 0 Å². The Hall–Kier alpha value is -1.30. The number of carbonyl (C=O) groups is 1. The minimum Gasteiger partial charge on any atom is -0.489 e. The maximum atomic E-state index is 12.2. The van der Waals surface area contributed by atoms with Crippen LogP contribution in [-0.4, -0.2) is 30.8 Å². The van der Waals surface area contributed by atoms with E-state index in [1.165, 1.54) is 12.8 Å². The minimum absolute atomic E-state index is 0.0171. The highest BCUT2D eigenvalue weighted by Gasteiger charge is 2.30. The maximum absolute atomic E-state index is 12.2. The van der Waals surface area contributed by atoms with Gasteiger partial charge in [0.15, 0.2) is 0 Å². The first-order valence-corrected chi connectivity index (χ1v) is 8.66. The highest BCUT2D eigenvalue weighted by atomic mass is 35.5. The van der Waals surface area contributed by atoms with Crippen LogP contribution in [0, 0.1) is 0 Å². The lowest BCUT2D eigenvalue weighted by Gasteiger charge is -2.16. The molecule has 1 amide bonds. The summed E-state index contributed by atoms with van der Waals surface area (Å²) in [6.07, 6.45) is 5.91. The van der Waals surface area contributed by atoms with E-state index in [4.69, 9.17) is 26.8 Å². The number of nitrogens with two attached hydrogens (primary N) is 1. The second-order valence-electron chi connectivity index (χ2n) is 6.22. The monoisotopic (exact) mass is 338 g/mol. The van der Waals surface area contributed by atoms with E-state index in [0.717, 1.165) is 19.3 Å². The van der Waals surface area contributed by atoms with Crippen molar-refractivity contribution in [2.45, 2.75) is 56.8 Å². The molecule has 1 heterocycles. The number of hydrogen-bond donors (Lipinski definition) is 2. The van der Waals surface area contributed by atoms with E-state index in [2.05, 4.69) is 5.32 Å². The fraction of sp³-hybridized carbons (Fsp3) is 0.588. The third-order valence-corrected chi connectivity index (χ3v) is 4.75. The second-order valence-corrected chi connectivity index (χ2v) is 6.63. The van der Waals surface area contributed by atoms with Crippen molar-refractivity contribution in [1.82, 2.24) is 0 Å². The molecule has 0 spiro atoms. The minimum atomic E-state index is -0.434. The van der Waals surface area contributed by atoms with Gasteiger partial charge in [0, 0.05) is 12.2 Å². The first-order valence-electron chi connectivity index (χ1n) is 8.28. The van der Waals surface area contributed by atoms with Gasteiger partial charge in [-0.3, -0.25) is 4.79 Å². The molecular weight excluding hydrogens is 316 g/mol. The Morgan fingerprint density at radius 1 is 1.30 bits per heavy atom. The van der Waals surface area contributed by atoms with Gasteiger partial charge in [0.2, 0.25) is 0 Å². The second kappa shape index (κ2) is 7.51. The lowest BCUT2D eigenvalue weighted by molar-refractivity contribution is -0.126. The van der Waals surface area contributed by atoms with Gasteiger partial charge in [-0.15, -0.1) is 0 Å². The van der Waals surface area contributed by atoms with Crippen molar-refractivity contribution in [2.75, 3.05) is 11.9 Å². The average molecular weight is 339 g/mol. The van der Waals surface area contributed by atoms with Crippen LogP contribution in [0.25, 0.3) is 0 Å². The zero-order chi connectivity index (χ0) is 16.2. The Balaban J connectivity index is 1.58. The molecule has 0 unspecified atom stereocenters. The number of nitrogens with one attached hydrogen (secondary N) is 1. The average Bonchev–Trinajstić information content (AvgIpc) is 3.21. The molecule has 126 valence electrons. The van der Waals surface area contributed by atoms with E-state index in [-0.39, 0.29) is 18.1 Å². The molecule has 1 saturated heterocycles. The van der Waals surface area contributed by atoms with Gasteiger partial charge in [0.05, 0.1) is 17.2 Å². The number of carbonyl (C=O) groups excluding carboxylic acids is 1. The van der Waals surface area contributed by atoms with Crippen molar-refractivity contribution in [3.8, 4) is 5.75 Å². The van der Waals surface area contributed by atoms with Crippen LogP contribution >= 0.6 is 11.6 Å². The highest BCUT2D eigenvalue weighted by molar-refractivity contribution is 6.32. The molecule has 23 heavy (non-hydrogen) atoms. The number of amides is 1. The SMILES string of the molecule is NC[C@H]1CC[C@@H](C(=O)Nc2ccc(OC3CCCC3)c(Cl)c2)O1. The summed E-state index contributed by atoms with van der Waals surface area (Å²) in [5.74, 6) is 0.526. The third-order valence-electron chi connectivity index (χ3n) is 4.46. The Morgan fingerprint density at radius 2 is 2.09 bits per heavy atom. The fourth-order valence-corrected chi connectivity index (χ4v) is 3.38. The van der Waals surface area contributed by atoms with E-state index >= 15 is 0 Å². The largest absolute Gasteiger partial charge is 0.489 e. The molecule has 0 radical (unpaired) electrons. The summed E-state index contributed by atoms with van der Waals surface area (Å²) < 4.78 is 11.5. The molecule has 6 heteroatoms. The molecule has 1 aromatic carbocycles. The van der Waals surface area contributed by atoms with E-state index in [1.54, 1.807) is 6.07 Å². The van der Waals surface area contributed by atoms with Gasteiger partial charge < -0.3 is 20.5 Å². The van der Waals surface area contributed by atoms with Gasteiger partial charge in [-0.05, 0) is 56.7 Å². The first kappa shape index (κ1) is 16.6. The lowest BCUT2D eigenvalue weighted by atomic mass is 10.2. The van der Waals surface area contributed by atoms with Crippen molar-refractivity contribution in [2.24, 2.45) is 5.73 Å². The van der Waals surface area contributed by atoms with Crippen LogP contribution in [0.1, 0.15) is 38.5 Å². The topological polar surface area (TPSA) is 73.6 Å².